The van der Waals surface area contributed by atoms with E-state index in [0.717, 1.165) is 0 Å². The van der Waals surface area contributed by atoms with E-state index in [0.29, 0.717) is 42.1 Å². The van der Waals surface area contributed by atoms with Gasteiger partial charge in [0.2, 0.25) is 0 Å². The maximum Gasteiger partial charge on any atom is 0.453 e. The molecular weight excluding hydrogens is 524 g/mol. The fourth-order valence-electron chi connectivity index (χ4n) is 2.79. The summed E-state index contributed by atoms with van der Waals surface area (Å²) in [4.78, 5) is 21.8. The van der Waals surface area contributed by atoms with Crippen LogP contribution in [0.5, 0.6) is 0 Å². The lowest BCUT2D eigenvalue weighted by molar-refractivity contribution is -0.284. The summed E-state index contributed by atoms with van der Waals surface area (Å²) in [5.74, 6) is -4.98. The SMILES string of the molecule is CCOC(=O)C1CCN(c2nc(CCC(F)(F)C(F)(F)F)c(Cl)nc2I)CC1. The van der Waals surface area contributed by atoms with Crippen LogP contribution in [0.15, 0.2) is 0 Å². The van der Waals surface area contributed by atoms with Gasteiger partial charge < -0.3 is 9.64 Å². The fourth-order valence-corrected chi connectivity index (χ4v) is 3.85. The van der Waals surface area contributed by atoms with Gasteiger partial charge in [-0.3, -0.25) is 4.79 Å². The van der Waals surface area contributed by atoms with Crippen LogP contribution in [0.4, 0.5) is 27.8 Å². The molecule has 0 spiro atoms. The lowest BCUT2D eigenvalue weighted by Gasteiger charge is -2.32. The van der Waals surface area contributed by atoms with Crippen LogP contribution in [0.1, 0.15) is 31.9 Å². The van der Waals surface area contributed by atoms with Gasteiger partial charge in [-0.2, -0.15) is 22.0 Å². The highest BCUT2D eigenvalue weighted by atomic mass is 127. The molecule has 0 N–H and O–H groups in total. The van der Waals surface area contributed by atoms with Crippen molar-refractivity contribution in [2.75, 3.05) is 24.6 Å². The van der Waals surface area contributed by atoms with E-state index in [-0.39, 0.29) is 22.7 Å². The highest BCUT2D eigenvalue weighted by molar-refractivity contribution is 14.1. The minimum atomic E-state index is -5.63. The first-order chi connectivity index (χ1) is 13.0. The van der Waals surface area contributed by atoms with Crippen molar-refractivity contribution in [1.29, 1.82) is 0 Å². The van der Waals surface area contributed by atoms with Gasteiger partial charge in [-0.15, -0.1) is 0 Å². The minimum Gasteiger partial charge on any atom is -0.466 e. The first-order valence-electron chi connectivity index (χ1n) is 8.54. The van der Waals surface area contributed by atoms with E-state index in [4.69, 9.17) is 16.3 Å². The fraction of sp³-hybridized carbons (Fsp3) is 0.688. The average molecular weight is 542 g/mol. The van der Waals surface area contributed by atoms with Crippen LogP contribution in [-0.4, -0.2) is 47.7 Å². The van der Waals surface area contributed by atoms with Crippen molar-refractivity contribution in [3.63, 3.8) is 0 Å². The lowest BCUT2D eigenvalue weighted by Crippen LogP contribution is -2.38. The molecule has 1 aliphatic heterocycles. The molecule has 2 rings (SSSR count). The number of hydrogen-bond acceptors (Lipinski definition) is 5. The summed E-state index contributed by atoms with van der Waals surface area (Å²) in [6.45, 7) is 2.93. The summed E-state index contributed by atoms with van der Waals surface area (Å²) < 4.78 is 68.9. The molecule has 0 aliphatic carbocycles. The number of nitrogens with zero attached hydrogens (tertiary/aromatic N) is 3. The first kappa shape index (κ1) is 23.3. The third kappa shape index (κ3) is 5.55. The van der Waals surface area contributed by atoms with Crippen molar-refractivity contribution in [3.8, 4) is 0 Å². The van der Waals surface area contributed by atoms with Gasteiger partial charge >= 0.3 is 18.1 Å². The Morgan fingerprint density at radius 2 is 1.86 bits per heavy atom. The van der Waals surface area contributed by atoms with Crippen LogP contribution in [0.25, 0.3) is 0 Å². The smallest absolute Gasteiger partial charge is 0.453 e. The van der Waals surface area contributed by atoms with E-state index in [2.05, 4.69) is 9.97 Å². The zero-order chi connectivity index (χ0) is 21.1. The number of aryl methyl sites for hydroxylation is 1. The molecule has 158 valence electrons. The second-order valence-corrected chi connectivity index (χ2v) is 7.67. The van der Waals surface area contributed by atoms with Crippen LogP contribution in [0, 0.1) is 9.62 Å². The number of carbonyl (C=O) groups excluding carboxylic acids is 1. The molecule has 0 aromatic carbocycles. The molecule has 0 saturated carbocycles. The molecule has 0 atom stereocenters. The van der Waals surface area contributed by atoms with Gasteiger partial charge in [0, 0.05) is 19.5 Å². The molecule has 0 amide bonds. The van der Waals surface area contributed by atoms with Gasteiger partial charge in [-0.25, -0.2) is 9.97 Å². The van der Waals surface area contributed by atoms with Crippen LogP contribution in [-0.2, 0) is 16.0 Å². The van der Waals surface area contributed by atoms with Crippen LogP contribution >= 0.6 is 34.2 Å². The normalized spacial score (nSPS) is 16.4. The summed E-state index contributed by atoms with van der Waals surface area (Å²) in [6.07, 6.45) is -6.73. The molecule has 0 unspecified atom stereocenters. The zero-order valence-electron chi connectivity index (χ0n) is 14.8. The molecule has 1 aromatic rings. The highest BCUT2D eigenvalue weighted by Gasteiger charge is 2.56. The van der Waals surface area contributed by atoms with Gasteiger partial charge in [0.1, 0.15) is 3.70 Å². The molecule has 1 aliphatic rings. The predicted molar refractivity (Wildman–Crippen MR) is 101 cm³/mol. The van der Waals surface area contributed by atoms with Crippen molar-refractivity contribution in [2.45, 2.75) is 44.7 Å². The van der Waals surface area contributed by atoms with E-state index in [9.17, 15) is 26.7 Å². The summed E-state index contributed by atoms with van der Waals surface area (Å²) >= 11 is 7.77. The number of aromatic nitrogens is 2. The molecule has 0 radical (unpaired) electrons. The number of carbonyl (C=O) groups is 1. The van der Waals surface area contributed by atoms with E-state index >= 15 is 0 Å². The Balaban J connectivity index is 2.11. The summed E-state index contributed by atoms with van der Waals surface area (Å²) in [7, 11) is 0. The predicted octanol–water partition coefficient (Wildman–Crippen LogP) is 4.64. The van der Waals surface area contributed by atoms with Crippen molar-refractivity contribution < 1.29 is 31.5 Å². The number of halogens is 7. The van der Waals surface area contributed by atoms with Crippen molar-refractivity contribution >= 4 is 46.0 Å². The Labute approximate surface area is 177 Å². The maximum atomic E-state index is 13.2. The van der Waals surface area contributed by atoms with Gasteiger partial charge in [-0.1, -0.05) is 11.6 Å². The topological polar surface area (TPSA) is 55.3 Å². The number of rotatable bonds is 6. The molecule has 28 heavy (non-hydrogen) atoms. The number of piperidine rings is 1. The van der Waals surface area contributed by atoms with Gasteiger partial charge in [0.05, 0.1) is 18.2 Å². The molecule has 1 aromatic heterocycles. The molecule has 1 saturated heterocycles. The van der Waals surface area contributed by atoms with E-state index in [1.165, 1.54) is 0 Å². The van der Waals surface area contributed by atoms with Crippen LogP contribution in [0.2, 0.25) is 5.15 Å². The zero-order valence-corrected chi connectivity index (χ0v) is 17.7. The number of esters is 1. The van der Waals surface area contributed by atoms with Gasteiger partial charge in [-0.05, 0) is 48.8 Å². The first-order valence-corrected chi connectivity index (χ1v) is 10.00. The highest BCUT2D eigenvalue weighted by Crippen LogP contribution is 2.39. The average Bonchev–Trinajstić information content (AvgIpc) is 2.60. The summed E-state index contributed by atoms with van der Waals surface area (Å²) in [5, 5.41) is -0.201. The molecule has 2 heterocycles. The number of alkyl halides is 5. The Kier molecular flexibility index (Phi) is 7.68. The maximum absolute atomic E-state index is 13.2. The van der Waals surface area contributed by atoms with Gasteiger partial charge in [0.25, 0.3) is 0 Å². The van der Waals surface area contributed by atoms with Crippen LogP contribution in [0.3, 0.4) is 0 Å². The Morgan fingerprint density at radius 3 is 2.39 bits per heavy atom. The Bertz CT molecular complexity index is 712. The monoisotopic (exact) mass is 541 g/mol. The van der Waals surface area contributed by atoms with Crippen LogP contribution < -0.4 is 4.90 Å². The van der Waals surface area contributed by atoms with Crippen molar-refractivity contribution in [3.05, 3.63) is 14.5 Å². The number of anilines is 1. The number of hydrogen-bond donors (Lipinski definition) is 0. The minimum absolute atomic E-state index is 0.117. The van der Waals surface area contributed by atoms with E-state index in [1.54, 1.807) is 6.92 Å². The molecule has 5 nitrogen and oxygen atoms in total. The molecule has 12 heteroatoms. The summed E-state index contributed by atoms with van der Waals surface area (Å²) in [5.41, 5.74) is -0.117. The molecule has 1 fully saturated rings. The molecule has 0 bridgehead atoms. The van der Waals surface area contributed by atoms with E-state index < -0.39 is 24.9 Å². The second kappa shape index (κ2) is 9.23. The molecular formula is C16H18ClF5IN3O2. The second-order valence-electron chi connectivity index (χ2n) is 6.29. The van der Waals surface area contributed by atoms with Gasteiger partial charge in [0.15, 0.2) is 11.0 Å². The van der Waals surface area contributed by atoms with Crippen molar-refractivity contribution in [1.82, 2.24) is 9.97 Å². The Hall–Kier alpha value is -0.980. The van der Waals surface area contributed by atoms with Crippen molar-refractivity contribution in [2.24, 2.45) is 5.92 Å². The Morgan fingerprint density at radius 1 is 1.25 bits per heavy atom. The van der Waals surface area contributed by atoms with E-state index in [1.807, 2.05) is 27.5 Å². The summed E-state index contributed by atoms with van der Waals surface area (Å²) in [6, 6.07) is 0. The standard InChI is InChI=1S/C16H18ClF5IN3O2/c1-2-28-14(27)9-4-7-26(8-5-9)13-12(23)25-11(17)10(24-13)3-6-15(18,19)16(20,21)22/h9H,2-8H2,1H3. The quantitative estimate of drug-likeness (QED) is 0.298. The third-order valence-electron chi connectivity index (χ3n) is 4.36. The largest absolute Gasteiger partial charge is 0.466 e. The lowest BCUT2D eigenvalue weighted by atomic mass is 9.97. The third-order valence-corrected chi connectivity index (χ3v) is 5.39. The number of ether oxygens (including phenoxy) is 1.